The minimum atomic E-state index is -0.874. The Labute approximate surface area is 86.6 Å². The molecule has 1 aromatic rings. The van der Waals surface area contributed by atoms with Gasteiger partial charge in [0.2, 0.25) is 0 Å². The number of aliphatic hydroxyl groups excluding tert-OH is 2. The number of anilines is 1. The van der Waals surface area contributed by atoms with E-state index >= 15 is 0 Å². The summed E-state index contributed by atoms with van der Waals surface area (Å²) in [5, 5.41) is 28.9. The van der Waals surface area contributed by atoms with E-state index in [9.17, 15) is 4.39 Å². The average Bonchev–Trinajstić information content (AvgIpc) is 2.27. The van der Waals surface area contributed by atoms with Crippen molar-refractivity contribution in [2.75, 3.05) is 18.5 Å². The number of nitrogens with one attached hydrogen (secondary N) is 1. The second kappa shape index (κ2) is 5.29. The fraction of sp³-hybridized carbons (Fsp3) is 0.300. The van der Waals surface area contributed by atoms with Gasteiger partial charge in [-0.25, -0.2) is 4.39 Å². The number of hydrogen-bond acceptors (Lipinski definition) is 4. The second-order valence-corrected chi connectivity index (χ2v) is 3.02. The largest absolute Gasteiger partial charge is 0.394 e. The Bertz CT molecular complexity index is 376. The number of aliphatic hydroxyl groups is 2. The summed E-state index contributed by atoms with van der Waals surface area (Å²) in [7, 11) is 0. The summed E-state index contributed by atoms with van der Waals surface area (Å²) in [6.07, 6.45) is -0.874. The molecule has 3 N–H and O–H groups in total. The summed E-state index contributed by atoms with van der Waals surface area (Å²) in [5.74, 6) is -0.578. The molecule has 0 aliphatic carbocycles. The molecule has 5 heteroatoms. The monoisotopic (exact) mass is 210 g/mol. The molecule has 0 saturated heterocycles. The summed E-state index contributed by atoms with van der Waals surface area (Å²) in [6, 6.07) is 5.69. The van der Waals surface area contributed by atoms with Crippen molar-refractivity contribution in [1.82, 2.24) is 0 Å². The van der Waals surface area contributed by atoms with Gasteiger partial charge in [0.05, 0.1) is 18.3 Å². The van der Waals surface area contributed by atoms with Crippen LogP contribution in [-0.2, 0) is 0 Å². The van der Waals surface area contributed by atoms with Gasteiger partial charge in [-0.15, -0.1) is 0 Å². The third-order valence-electron chi connectivity index (χ3n) is 1.84. The van der Waals surface area contributed by atoms with Gasteiger partial charge >= 0.3 is 0 Å². The summed E-state index contributed by atoms with van der Waals surface area (Å²) in [5.41, 5.74) is 0.471. The van der Waals surface area contributed by atoms with Crippen molar-refractivity contribution in [3.05, 3.63) is 29.6 Å². The van der Waals surface area contributed by atoms with Crippen LogP contribution in [0.2, 0.25) is 0 Å². The lowest BCUT2D eigenvalue weighted by atomic mass is 10.2. The van der Waals surface area contributed by atoms with E-state index in [2.05, 4.69) is 5.32 Å². The Morgan fingerprint density at radius 2 is 2.27 bits per heavy atom. The lowest BCUT2D eigenvalue weighted by Gasteiger charge is -2.10. The van der Waals surface area contributed by atoms with Crippen LogP contribution in [0.4, 0.5) is 10.1 Å². The topological polar surface area (TPSA) is 76.3 Å². The summed E-state index contributed by atoms with van der Waals surface area (Å²) >= 11 is 0. The minimum absolute atomic E-state index is 0.0570. The first-order chi connectivity index (χ1) is 7.17. The fourth-order valence-electron chi connectivity index (χ4n) is 1.02. The van der Waals surface area contributed by atoms with Gasteiger partial charge in [-0.3, -0.25) is 0 Å². The summed E-state index contributed by atoms with van der Waals surface area (Å²) in [6.45, 7) is -0.202. The maximum atomic E-state index is 12.9. The minimum Gasteiger partial charge on any atom is -0.394 e. The van der Waals surface area contributed by atoms with E-state index in [1.54, 1.807) is 6.07 Å². The first kappa shape index (κ1) is 11.4. The first-order valence-corrected chi connectivity index (χ1v) is 4.40. The van der Waals surface area contributed by atoms with Crippen LogP contribution >= 0.6 is 0 Å². The Kier molecular flexibility index (Phi) is 4.03. The first-order valence-electron chi connectivity index (χ1n) is 4.40. The normalized spacial score (nSPS) is 11.9. The Balaban J connectivity index is 2.67. The molecule has 0 radical (unpaired) electrons. The molecule has 4 nitrogen and oxygen atoms in total. The standard InChI is InChI=1S/C10H11FN2O2/c11-10-2-1-8(3-7(10)4-12)13-5-9(15)6-14/h1-3,9,13-15H,5-6H2/t9-/m0/s1. The maximum Gasteiger partial charge on any atom is 0.141 e. The van der Waals surface area contributed by atoms with Crippen molar-refractivity contribution in [3.8, 4) is 6.07 Å². The highest BCUT2D eigenvalue weighted by molar-refractivity contribution is 5.49. The molecular formula is C10H11FN2O2. The summed E-state index contributed by atoms with van der Waals surface area (Å²) < 4.78 is 12.9. The zero-order valence-corrected chi connectivity index (χ0v) is 7.94. The number of hydrogen-bond donors (Lipinski definition) is 3. The molecule has 0 saturated carbocycles. The fourth-order valence-corrected chi connectivity index (χ4v) is 1.02. The molecule has 0 aliphatic rings. The van der Waals surface area contributed by atoms with Crippen LogP contribution in [0.15, 0.2) is 18.2 Å². The molecule has 1 atom stereocenters. The molecule has 80 valence electrons. The molecule has 0 aliphatic heterocycles. The van der Waals surface area contributed by atoms with E-state index in [0.717, 1.165) is 0 Å². The van der Waals surface area contributed by atoms with Gasteiger partial charge in [-0.2, -0.15) is 5.26 Å². The van der Waals surface area contributed by atoms with E-state index in [-0.39, 0.29) is 18.7 Å². The Morgan fingerprint density at radius 1 is 1.53 bits per heavy atom. The van der Waals surface area contributed by atoms with Gasteiger partial charge in [-0.1, -0.05) is 0 Å². The quantitative estimate of drug-likeness (QED) is 0.675. The number of benzene rings is 1. The van der Waals surface area contributed by atoms with Crippen molar-refractivity contribution >= 4 is 5.69 Å². The predicted octanol–water partition coefficient (Wildman–Crippen LogP) is 0.462. The number of nitrogens with zero attached hydrogens (tertiary/aromatic N) is 1. The predicted molar refractivity (Wildman–Crippen MR) is 52.7 cm³/mol. The molecule has 15 heavy (non-hydrogen) atoms. The molecule has 1 rings (SSSR count). The lowest BCUT2D eigenvalue weighted by molar-refractivity contribution is 0.105. The van der Waals surface area contributed by atoms with Crippen LogP contribution in [0.5, 0.6) is 0 Å². The Morgan fingerprint density at radius 3 is 2.87 bits per heavy atom. The van der Waals surface area contributed by atoms with E-state index in [1.165, 1.54) is 18.2 Å². The van der Waals surface area contributed by atoms with Gasteiger partial charge < -0.3 is 15.5 Å². The molecule has 0 bridgehead atoms. The van der Waals surface area contributed by atoms with E-state index in [1.807, 2.05) is 0 Å². The van der Waals surface area contributed by atoms with Gasteiger partial charge in [0.25, 0.3) is 0 Å². The molecule has 0 fully saturated rings. The molecule has 0 amide bonds. The summed E-state index contributed by atoms with van der Waals surface area (Å²) in [4.78, 5) is 0. The highest BCUT2D eigenvalue weighted by atomic mass is 19.1. The van der Waals surface area contributed by atoms with Crippen molar-refractivity contribution in [2.24, 2.45) is 0 Å². The van der Waals surface area contributed by atoms with Crippen molar-refractivity contribution in [2.45, 2.75) is 6.10 Å². The molecule has 0 heterocycles. The zero-order valence-electron chi connectivity index (χ0n) is 7.94. The molecular weight excluding hydrogens is 199 g/mol. The molecule has 0 unspecified atom stereocenters. The van der Waals surface area contributed by atoms with Crippen molar-refractivity contribution < 1.29 is 14.6 Å². The molecule has 0 aromatic heterocycles. The SMILES string of the molecule is N#Cc1cc(NC[C@H](O)CO)ccc1F. The van der Waals surface area contributed by atoms with E-state index in [4.69, 9.17) is 15.5 Å². The third-order valence-corrected chi connectivity index (χ3v) is 1.84. The lowest BCUT2D eigenvalue weighted by Crippen LogP contribution is -2.22. The number of nitriles is 1. The van der Waals surface area contributed by atoms with Crippen LogP contribution in [0.3, 0.4) is 0 Å². The van der Waals surface area contributed by atoms with Crippen LogP contribution in [0.25, 0.3) is 0 Å². The smallest absolute Gasteiger partial charge is 0.141 e. The van der Waals surface area contributed by atoms with Gasteiger partial charge in [0.1, 0.15) is 11.9 Å². The van der Waals surface area contributed by atoms with Crippen molar-refractivity contribution in [1.29, 1.82) is 5.26 Å². The van der Waals surface area contributed by atoms with Gasteiger partial charge in [0.15, 0.2) is 0 Å². The van der Waals surface area contributed by atoms with E-state index < -0.39 is 11.9 Å². The maximum absolute atomic E-state index is 12.9. The van der Waals surface area contributed by atoms with Gasteiger partial charge in [0, 0.05) is 12.2 Å². The van der Waals surface area contributed by atoms with Crippen molar-refractivity contribution in [3.63, 3.8) is 0 Å². The number of rotatable bonds is 4. The Hall–Kier alpha value is -1.64. The highest BCUT2D eigenvalue weighted by Gasteiger charge is 2.04. The van der Waals surface area contributed by atoms with Crippen LogP contribution in [-0.4, -0.2) is 29.5 Å². The van der Waals surface area contributed by atoms with Crippen LogP contribution in [0.1, 0.15) is 5.56 Å². The van der Waals surface area contributed by atoms with Crippen LogP contribution in [0, 0.1) is 17.1 Å². The molecule has 1 aromatic carbocycles. The highest BCUT2D eigenvalue weighted by Crippen LogP contribution is 2.13. The molecule has 0 spiro atoms. The number of halogens is 1. The van der Waals surface area contributed by atoms with E-state index in [0.29, 0.717) is 5.69 Å². The zero-order chi connectivity index (χ0) is 11.3. The van der Waals surface area contributed by atoms with Gasteiger partial charge in [-0.05, 0) is 18.2 Å². The average molecular weight is 210 g/mol. The van der Waals surface area contributed by atoms with Crippen LogP contribution < -0.4 is 5.32 Å². The second-order valence-electron chi connectivity index (χ2n) is 3.02. The third kappa shape index (κ3) is 3.20.